The van der Waals surface area contributed by atoms with Crippen LogP contribution in [0.2, 0.25) is 0 Å². The summed E-state index contributed by atoms with van der Waals surface area (Å²) in [6, 6.07) is 8.89. The van der Waals surface area contributed by atoms with Crippen LogP contribution in [-0.2, 0) is 0 Å². The van der Waals surface area contributed by atoms with Gasteiger partial charge >= 0.3 is 0 Å². The van der Waals surface area contributed by atoms with E-state index in [-0.39, 0.29) is 0 Å². The highest BCUT2D eigenvalue weighted by molar-refractivity contribution is 7.99. The Morgan fingerprint density at radius 2 is 2.12 bits per heavy atom. The quantitative estimate of drug-likeness (QED) is 0.764. The van der Waals surface area contributed by atoms with E-state index in [0.29, 0.717) is 11.8 Å². The lowest BCUT2D eigenvalue weighted by Gasteiger charge is -2.17. The van der Waals surface area contributed by atoms with E-state index in [9.17, 15) is 5.11 Å². The first kappa shape index (κ1) is 14.6. The second-order valence-corrected chi connectivity index (χ2v) is 6.00. The minimum atomic E-state index is -0.617. The maximum absolute atomic E-state index is 9.71. The van der Waals surface area contributed by atoms with Gasteiger partial charge in [-0.2, -0.15) is 0 Å². The fraction of sp³-hybridized carbons (Fsp3) is 0.571. The normalized spacial score (nSPS) is 13.7. The van der Waals surface area contributed by atoms with Crippen LogP contribution in [0.3, 0.4) is 0 Å². The van der Waals surface area contributed by atoms with Gasteiger partial charge in [0.1, 0.15) is 0 Å². The van der Waals surface area contributed by atoms with E-state index < -0.39 is 5.60 Å². The Labute approximate surface area is 109 Å². The third-order valence-electron chi connectivity index (χ3n) is 2.46. The van der Waals surface area contributed by atoms with Gasteiger partial charge in [-0.05, 0) is 45.0 Å². The lowest BCUT2D eigenvalue weighted by molar-refractivity contribution is 0.107. The molecule has 1 rings (SSSR count). The van der Waals surface area contributed by atoms with E-state index in [0.717, 1.165) is 6.54 Å². The van der Waals surface area contributed by atoms with Crippen molar-refractivity contribution in [3.8, 4) is 0 Å². The molecule has 0 bridgehead atoms. The minimum Gasteiger partial charge on any atom is -0.390 e. The molecule has 1 aromatic rings. The van der Waals surface area contributed by atoms with Gasteiger partial charge in [-0.1, -0.05) is 19.1 Å². The SMILES string of the molecule is CCNC(C)c1cccc(SCC(C)(C)O)c1. The Kier molecular flexibility index (Phi) is 5.50. The van der Waals surface area contributed by atoms with E-state index in [2.05, 4.69) is 43.4 Å². The Morgan fingerprint density at radius 1 is 1.41 bits per heavy atom. The number of rotatable bonds is 6. The lowest BCUT2D eigenvalue weighted by Crippen LogP contribution is -2.21. The standard InChI is InChI=1S/C14H23NOS/c1-5-15-11(2)12-7-6-8-13(9-12)17-10-14(3,4)16/h6-9,11,15-16H,5,10H2,1-4H3. The molecule has 0 aromatic heterocycles. The molecule has 0 aliphatic carbocycles. The van der Waals surface area contributed by atoms with Crippen LogP contribution in [0.15, 0.2) is 29.2 Å². The molecule has 2 N–H and O–H groups in total. The predicted molar refractivity (Wildman–Crippen MR) is 75.6 cm³/mol. The minimum absolute atomic E-state index is 0.377. The summed E-state index contributed by atoms with van der Waals surface area (Å²) < 4.78 is 0. The molecule has 2 nitrogen and oxygen atoms in total. The molecule has 0 spiro atoms. The molecule has 0 heterocycles. The lowest BCUT2D eigenvalue weighted by atomic mass is 10.1. The number of hydrogen-bond acceptors (Lipinski definition) is 3. The first-order chi connectivity index (χ1) is 7.92. The zero-order valence-corrected chi connectivity index (χ0v) is 12.0. The average molecular weight is 253 g/mol. The van der Waals surface area contributed by atoms with Crippen LogP contribution in [0.4, 0.5) is 0 Å². The van der Waals surface area contributed by atoms with Crippen LogP contribution in [0.1, 0.15) is 39.3 Å². The van der Waals surface area contributed by atoms with Gasteiger partial charge in [-0.3, -0.25) is 0 Å². The third kappa shape index (κ3) is 5.57. The summed E-state index contributed by atoms with van der Waals surface area (Å²) in [6.45, 7) is 8.94. The highest BCUT2D eigenvalue weighted by Crippen LogP contribution is 2.25. The summed E-state index contributed by atoms with van der Waals surface area (Å²) in [5.74, 6) is 0.714. The molecular formula is C14H23NOS. The summed E-state index contributed by atoms with van der Waals surface area (Å²) >= 11 is 1.70. The first-order valence-electron chi connectivity index (χ1n) is 6.11. The second-order valence-electron chi connectivity index (χ2n) is 4.95. The van der Waals surface area contributed by atoms with E-state index in [1.807, 2.05) is 13.8 Å². The van der Waals surface area contributed by atoms with Crippen molar-refractivity contribution in [3.63, 3.8) is 0 Å². The predicted octanol–water partition coefficient (Wildman–Crippen LogP) is 3.22. The number of benzene rings is 1. The zero-order chi connectivity index (χ0) is 12.9. The van der Waals surface area contributed by atoms with Crippen molar-refractivity contribution >= 4 is 11.8 Å². The fourth-order valence-corrected chi connectivity index (χ4v) is 2.47. The smallest absolute Gasteiger partial charge is 0.0685 e. The van der Waals surface area contributed by atoms with Gasteiger partial charge in [0, 0.05) is 16.7 Å². The Bertz CT molecular complexity index is 346. The van der Waals surface area contributed by atoms with Crippen molar-refractivity contribution in [2.45, 2.75) is 44.2 Å². The van der Waals surface area contributed by atoms with Gasteiger partial charge in [-0.25, -0.2) is 0 Å². The molecule has 0 saturated carbocycles. The molecule has 0 saturated heterocycles. The highest BCUT2D eigenvalue weighted by Gasteiger charge is 2.13. The maximum Gasteiger partial charge on any atom is 0.0685 e. The van der Waals surface area contributed by atoms with Gasteiger partial charge in [-0.15, -0.1) is 11.8 Å². The van der Waals surface area contributed by atoms with Gasteiger partial charge in [0.05, 0.1) is 5.60 Å². The fourth-order valence-electron chi connectivity index (χ4n) is 1.56. The van der Waals surface area contributed by atoms with Crippen LogP contribution in [-0.4, -0.2) is 23.0 Å². The molecule has 0 fully saturated rings. The van der Waals surface area contributed by atoms with Crippen molar-refractivity contribution in [1.29, 1.82) is 0 Å². The summed E-state index contributed by atoms with van der Waals surface area (Å²) in [5.41, 5.74) is 0.682. The summed E-state index contributed by atoms with van der Waals surface area (Å²) in [4.78, 5) is 1.22. The summed E-state index contributed by atoms with van der Waals surface area (Å²) in [7, 11) is 0. The first-order valence-corrected chi connectivity index (χ1v) is 7.09. The molecule has 96 valence electrons. The van der Waals surface area contributed by atoms with Crippen LogP contribution in [0.25, 0.3) is 0 Å². The molecule has 0 radical (unpaired) electrons. The van der Waals surface area contributed by atoms with E-state index in [1.54, 1.807) is 11.8 Å². The summed E-state index contributed by atoms with van der Waals surface area (Å²) in [6.07, 6.45) is 0. The average Bonchev–Trinajstić information content (AvgIpc) is 2.26. The van der Waals surface area contributed by atoms with Crippen LogP contribution < -0.4 is 5.32 Å². The Hall–Kier alpha value is -0.510. The van der Waals surface area contributed by atoms with Crippen molar-refractivity contribution < 1.29 is 5.11 Å². The number of hydrogen-bond donors (Lipinski definition) is 2. The van der Waals surface area contributed by atoms with Crippen molar-refractivity contribution in [1.82, 2.24) is 5.32 Å². The van der Waals surface area contributed by atoms with E-state index in [4.69, 9.17) is 0 Å². The molecule has 0 amide bonds. The number of thioether (sulfide) groups is 1. The zero-order valence-electron chi connectivity index (χ0n) is 11.2. The molecule has 1 unspecified atom stereocenters. The molecular weight excluding hydrogens is 230 g/mol. The summed E-state index contributed by atoms with van der Waals surface area (Å²) in [5, 5.41) is 13.1. The monoisotopic (exact) mass is 253 g/mol. The van der Waals surface area contributed by atoms with Crippen molar-refractivity contribution in [2.75, 3.05) is 12.3 Å². The second kappa shape index (κ2) is 6.43. The molecule has 0 aliphatic heterocycles. The van der Waals surface area contributed by atoms with Crippen LogP contribution in [0.5, 0.6) is 0 Å². The molecule has 3 heteroatoms. The Balaban J connectivity index is 2.66. The maximum atomic E-state index is 9.71. The Morgan fingerprint density at radius 3 is 2.71 bits per heavy atom. The van der Waals surface area contributed by atoms with Crippen molar-refractivity contribution in [3.05, 3.63) is 29.8 Å². The van der Waals surface area contributed by atoms with Crippen molar-refractivity contribution in [2.24, 2.45) is 0 Å². The van der Waals surface area contributed by atoms with E-state index >= 15 is 0 Å². The van der Waals surface area contributed by atoms with Crippen LogP contribution in [0, 0.1) is 0 Å². The van der Waals surface area contributed by atoms with Gasteiger partial charge in [0.2, 0.25) is 0 Å². The molecule has 1 aromatic carbocycles. The third-order valence-corrected chi connectivity index (χ3v) is 3.90. The van der Waals surface area contributed by atoms with Gasteiger partial charge in [0.25, 0.3) is 0 Å². The van der Waals surface area contributed by atoms with Crippen LogP contribution >= 0.6 is 11.8 Å². The molecule has 17 heavy (non-hydrogen) atoms. The highest BCUT2D eigenvalue weighted by atomic mass is 32.2. The topological polar surface area (TPSA) is 32.3 Å². The molecule has 0 aliphatic rings. The number of aliphatic hydroxyl groups is 1. The largest absolute Gasteiger partial charge is 0.390 e. The number of nitrogens with one attached hydrogen (secondary N) is 1. The van der Waals surface area contributed by atoms with Gasteiger partial charge in [0.15, 0.2) is 0 Å². The van der Waals surface area contributed by atoms with Gasteiger partial charge < -0.3 is 10.4 Å². The molecule has 1 atom stereocenters. The van der Waals surface area contributed by atoms with E-state index in [1.165, 1.54) is 10.5 Å².